The highest BCUT2D eigenvalue weighted by Gasteiger charge is 2.17. The second-order valence-corrected chi connectivity index (χ2v) is 6.29. The molecule has 0 aromatic heterocycles. The van der Waals surface area contributed by atoms with Crippen LogP contribution in [0.4, 0.5) is 0 Å². The lowest BCUT2D eigenvalue weighted by Gasteiger charge is -2.23. The third kappa shape index (κ3) is 4.75. The van der Waals surface area contributed by atoms with Gasteiger partial charge >= 0.3 is 5.97 Å². The Labute approximate surface area is 143 Å². The fourth-order valence-corrected chi connectivity index (χ4v) is 2.22. The van der Waals surface area contributed by atoms with E-state index in [-0.39, 0.29) is 11.0 Å². The first-order valence-corrected chi connectivity index (χ1v) is 8.12. The van der Waals surface area contributed by atoms with E-state index in [1.807, 2.05) is 12.1 Å². The Balaban J connectivity index is 1.79. The average Bonchev–Trinajstić information content (AvgIpc) is 2.59. The molecule has 2 aromatic carbocycles. The average molecular weight is 328 g/mol. The van der Waals surface area contributed by atoms with Crippen LogP contribution in [-0.2, 0) is 5.41 Å². The standard InChI is InChI=1S/C20H24O4/c1-4-20(2,3)16-7-11-18(12-8-16)24-14-13-23-17-9-5-15(6-10-17)19(21)22/h5-12H,4,13-14H2,1-3H3,(H,21,22). The third-order valence-electron chi connectivity index (χ3n) is 4.24. The van der Waals surface area contributed by atoms with Crippen LogP contribution in [0.2, 0.25) is 0 Å². The minimum Gasteiger partial charge on any atom is -0.490 e. The summed E-state index contributed by atoms with van der Waals surface area (Å²) in [6, 6.07) is 14.5. The highest BCUT2D eigenvalue weighted by molar-refractivity contribution is 5.87. The molecule has 0 radical (unpaired) electrons. The first kappa shape index (κ1) is 17.9. The van der Waals surface area contributed by atoms with Gasteiger partial charge in [-0.3, -0.25) is 0 Å². The number of carboxylic acids is 1. The van der Waals surface area contributed by atoms with Crippen molar-refractivity contribution in [2.45, 2.75) is 32.6 Å². The van der Waals surface area contributed by atoms with Gasteiger partial charge in [0.25, 0.3) is 0 Å². The van der Waals surface area contributed by atoms with Crippen molar-refractivity contribution in [3.05, 3.63) is 59.7 Å². The minimum absolute atomic E-state index is 0.170. The summed E-state index contributed by atoms with van der Waals surface area (Å²) in [7, 11) is 0. The van der Waals surface area contributed by atoms with Crippen molar-refractivity contribution in [2.24, 2.45) is 0 Å². The molecule has 0 aliphatic heterocycles. The van der Waals surface area contributed by atoms with Gasteiger partial charge < -0.3 is 14.6 Å². The zero-order valence-electron chi connectivity index (χ0n) is 14.4. The summed E-state index contributed by atoms with van der Waals surface area (Å²) in [6.45, 7) is 7.47. The number of rotatable bonds is 8. The Hall–Kier alpha value is -2.49. The smallest absolute Gasteiger partial charge is 0.335 e. The van der Waals surface area contributed by atoms with Crippen LogP contribution in [-0.4, -0.2) is 24.3 Å². The molecule has 0 atom stereocenters. The molecule has 0 aliphatic rings. The molecule has 0 saturated carbocycles. The summed E-state index contributed by atoms with van der Waals surface area (Å²) >= 11 is 0. The second-order valence-electron chi connectivity index (χ2n) is 6.29. The molecule has 0 bridgehead atoms. The summed E-state index contributed by atoms with van der Waals surface area (Å²) in [6.07, 6.45) is 1.09. The molecular weight excluding hydrogens is 304 g/mol. The summed E-state index contributed by atoms with van der Waals surface area (Å²) in [5.41, 5.74) is 1.71. The summed E-state index contributed by atoms with van der Waals surface area (Å²) in [5, 5.41) is 8.84. The molecule has 0 spiro atoms. The predicted octanol–water partition coefficient (Wildman–Crippen LogP) is 4.53. The molecule has 0 aliphatic carbocycles. The Kier molecular flexibility index (Phi) is 5.85. The highest BCUT2D eigenvalue weighted by Crippen LogP contribution is 2.28. The topological polar surface area (TPSA) is 55.8 Å². The van der Waals surface area contributed by atoms with Gasteiger partial charge in [0.15, 0.2) is 0 Å². The van der Waals surface area contributed by atoms with Gasteiger partial charge in [-0.15, -0.1) is 0 Å². The Morgan fingerprint density at radius 3 is 1.79 bits per heavy atom. The monoisotopic (exact) mass is 328 g/mol. The maximum absolute atomic E-state index is 10.8. The number of benzene rings is 2. The van der Waals surface area contributed by atoms with Crippen LogP contribution in [0.1, 0.15) is 43.1 Å². The van der Waals surface area contributed by atoms with Gasteiger partial charge in [-0.2, -0.15) is 0 Å². The van der Waals surface area contributed by atoms with E-state index < -0.39 is 5.97 Å². The number of aromatic carboxylic acids is 1. The number of hydrogen-bond acceptors (Lipinski definition) is 3. The number of ether oxygens (including phenoxy) is 2. The molecule has 0 amide bonds. The Bertz CT molecular complexity index is 657. The van der Waals surface area contributed by atoms with Gasteiger partial charge in [-0.1, -0.05) is 32.9 Å². The largest absolute Gasteiger partial charge is 0.490 e. The molecule has 24 heavy (non-hydrogen) atoms. The van der Waals surface area contributed by atoms with Gasteiger partial charge in [0.1, 0.15) is 24.7 Å². The van der Waals surface area contributed by atoms with Crippen LogP contribution in [0.5, 0.6) is 11.5 Å². The maximum atomic E-state index is 10.8. The van der Waals surface area contributed by atoms with Crippen molar-refractivity contribution >= 4 is 5.97 Å². The van der Waals surface area contributed by atoms with Crippen LogP contribution >= 0.6 is 0 Å². The lowest BCUT2D eigenvalue weighted by Crippen LogP contribution is -2.15. The normalized spacial score (nSPS) is 11.1. The summed E-state index contributed by atoms with van der Waals surface area (Å²) in [5.74, 6) is 0.499. The van der Waals surface area contributed by atoms with Gasteiger partial charge in [-0.25, -0.2) is 4.79 Å². The highest BCUT2D eigenvalue weighted by atomic mass is 16.5. The fraction of sp³-hybridized carbons (Fsp3) is 0.350. The molecular formula is C20H24O4. The van der Waals surface area contributed by atoms with Crippen molar-refractivity contribution in [2.75, 3.05) is 13.2 Å². The van der Waals surface area contributed by atoms with Gasteiger partial charge in [0.05, 0.1) is 5.56 Å². The van der Waals surface area contributed by atoms with Crippen molar-refractivity contribution in [1.82, 2.24) is 0 Å². The molecule has 0 fully saturated rings. The van der Waals surface area contributed by atoms with Gasteiger partial charge in [0.2, 0.25) is 0 Å². The van der Waals surface area contributed by atoms with E-state index in [2.05, 4.69) is 32.9 Å². The molecule has 0 saturated heterocycles. The van der Waals surface area contributed by atoms with Crippen LogP contribution in [0.3, 0.4) is 0 Å². The molecule has 0 unspecified atom stereocenters. The molecule has 2 aromatic rings. The lowest BCUT2D eigenvalue weighted by molar-refractivity contribution is 0.0697. The number of carboxylic acid groups (broad SMARTS) is 1. The lowest BCUT2D eigenvalue weighted by atomic mass is 9.82. The van der Waals surface area contributed by atoms with Crippen LogP contribution < -0.4 is 9.47 Å². The molecule has 128 valence electrons. The second kappa shape index (κ2) is 7.86. The Morgan fingerprint density at radius 2 is 1.38 bits per heavy atom. The Morgan fingerprint density at radius 1 is 0.917 bits per heavy atom. The predicted molar refractivity (Wildman–Crippen MR) is 94.2 cm³/mol. The third-order valence-corrected chi connectivity index (χ3v) is 4.24. The number of carbonyl (C=O) groups is 1. The minimum atomic E-state index is -0.945. The van der Waals surface area contributed by atoms with Crippen LogP contribution in [0, 0.1) is 0 Å². The zero-order valence-corrected chi connectivity index (χ0v) is 14.4. The van der Waals surface area contributed by atoms with E-state index in [1.165, 1.54) is 17.7 Å². The molecule has 0 heterocycles. The van der Waals surface area contributed by atoms with Crippen molar-refractivity contribution < 1.29 is 19.4 Å². The molecule has 1 N–H and O–H groups in total. The number of hydrogen-bond donors (Lipinski definition) is 1. The van der Waals surface area contributed by atoms with Crippen molar-refractivity contribution in [3.63, 3.8) is 0 Å². The van der Waals surface area contributed by atoms with E-state index in [0.29, 0.717) is 19.0 Å². The van der Waals surface area contributed by atoms with Gasteiger partial charge in [0, 0.05) is 0 Å². The zero-order chi connectivity index (χ0) is 17.6. The van der Waals surface area contributed by atoms with E-state index in [1.54, 1.807) is 12.1 Å². The molecule has 2 rings (SSSR count). The first-order valence-electron chi connectivity index (χ1n) is 8.12. The maximum Gasteiger partial charge on any atom is 0.335 e. The summed E-state index contributed by atoms with van der Waals surface area (Å²) < 4.78 is 11.2. The van der Waals surface area contributed by atoms with E-state index in [4.69, 9.17) is 14.6 Å². The first-order chi connectivity index (χ1) is 11.4. The van der Waals surface area contributed by atoms with E-state index >= 15 is 0 Å². The fourth-order valence-electron chi connectivity index (χ4n) is 2.22. The van der Waals surface area contributed by atoms with Crippen molar-refractivity contribution in [3.8, 4) is 11.5 Å². The SMILES string of the molecule is CCC(C)(C)c1ccc(OCCOc2ccc(C(=O)O)cc2)cc1. The molecule has 4 heteroatoms. The van der Waals surface area contributed by atoms with Gasteiger partial charge in [-0.05, 0) is 53.8 Å². The quantitative estimate of drug-likeness (QED) is 0.723. The van der Waals surface area contributed by atoms with Crippen LogP contribution in [0.15, 0.2) is 48.5 Å². The van der Waals surface area contributed by atoms with E-state index in [9.17, 15) is 4.79 Å². The summed E-state index contributed by atoms with van der Waals surface area (Å²) in [4.78, 5) is 10.8. The van der Waals surface area contributed by atoms with Crippen LogP contribution in [0.25, 0.3) is 0 Å². The molecule has 4 nitrogen and oxygen atoms in total. The van der Waals surface area contributed by atoms with E-state index in [0.717, 1.165) is 12.2 Å². The van der Waals surface area contributed by atoms with Crippen molar-refractivity contribution in [1.29, 1.82) is 0 Å².